The van der Waals surface area contributed by atoms with Crippen LogP contribution < -0.4 is 5.32 Å². The van der Waals surface area contributed by atoms with Crippen LogP contribution in [0.2, 0.25) is 0 Å². The highest BCUT2D eigenvalue weighted by atomic mass is 16.5. The second-order valence-corrected chi connectivity index (χ2v) is 8.49. The fraction of sp³-hybridized carbons (Fsp3) is 0.207. The van der Waals surface area contributed by atoms with Crippen molar-refractivity contribution in [1.29, 1.82) is 0 Å². The molecule has 36 heavy (non-hydrogen) atoms. The van der Waals surface area contributed by atoms with Gasteiger partial charge in [-0.25, -0.2) is 14.6 Å². The lowest BCUT2D eigenvalue weighted by Crippen LogP contribution is -2.32. The number of aromatic amines is 1. The van der Waals surface area contributed by atoms with E-state index in [0.29, 0.717) is 22.5 Å². The Hall–Kier alpha value is -4.39. The summed E-state index contributed by atoms with van der Waals surface area (Å²) in [6, 6.07) is 17.5. The molecule has 0 radical (unpaired) electrons. The van der Waals surface area contributed by atoms with Crippen molar-refractivity contribution >= 4 is 18.0 Å². The van der Waals surface area contributed by atoms with E-state index in [9.17, 15) is 9.59 Å². The largest absolute Gasteiger partial charge is 0.466 e. The molecule has 1 aliphatic rings. The number of nitrogens with zero attached hydrogens (tertiary/aromatic N) is 1. The molecule has 184 valence electrons. The first-order chi connectivity index (χ1) is 17.5. The van der Waals surface area contributed by atoms with Crippen LogP contribution in [0.1, 0.15) is 42.3 Å². The van der Waals surface area contributed by atoms with Crippen molar-refractivity contribution in [3.63, 3.8) is 0 Å². The molecule has 2 aromatic carbocycles. The number of imidazole rings is 1. The Morgan fingerprint density at radius 2 is 1.67 bits per heavy atom. The van der Waals surface area contributed by atoms with Crippen molar-refractivity contribution in [3.8, 4) is 0 Å². The topological polar surface area (TPSA) is 93.3 Å². The highest BCUT2D eigenvalue weighted by Crippen LogP contribution is 2.39. The summed E-state index contributed by atoms with van der Waals surface area (Å²) in [6.07, 6.45) is 7.99. The van der Waals surface area contributed by atoms with Gasteiger partial charge in [-0.15, -0.1) is 0 Å². The summed E-state index contributed by atoms with van der Waals surface area (Å²) < 4.78 is 10.6. The zero-order valence-corrected chi connectivity index (χ0v) is 20.6. The second-order valence-electron chi connectivity index (χ2n) is 8.49. The van der Waals surface area contributed by atoms with Crippen LogP contribution in [0.25, 0.3) is 6.08 Å². The van der Waals surface area contributed by atoms with E-state index in [1.165, 1.54) is 7.11 Å². The number of benzene rings is 2. The molecule has 0 bridgehead atoms. The lowest BCUT2D eigenvalue weighted by molar-refractivity contribution is -0.138. The van der Waals surface area contributed by atoms with Gasteiger partial charge < -0.3 is 19.8 Å². The van der Waals surface area contributed by atoms with Crippen LogP contribution in [0.5, 0.6) is 0 Å². The fourth-order valence-electron chi connectivity index (χ4n) is 4.34. The van der Waals surface area contributed by atoms with Gasteiger partial charge in [0.15, 0.2) is 0 Å². The number of hydrogen-bond acceptors (Lipinski definition) is 6. The summed E-state index contributed by atoms with van der Waals surface area (Å²) in [4.78, 5) is 33.2. The highest BCUT2D eigenvalue weighted by molar-refractivity contribution is 5.99. The Morgan fingerprint density at radius 1 is 0.972 bits per heavy atom. The number of esters is 2. The van der Waals surface area contributed by atoms with Crippen molar-refractivity contribution < 1.29 is 19.1 Å². The summed E-state index contributed by atoms with van der Waals surface area (Å²) in [7, 11) is 1.34. The summed E-state index contributed by atoms with van der Waals surface area (Å²) in [5.74, 6) is -0.637. The molecule has 2 N–H and O–H groups in total. The van der Waals surface area contributed by atoms with Gasteiger partial charge in [0.2, 0.25) is 0 Å². The number of carbonyl (C=O) groups is 2. The molecule has 0 aliphatic carbocycles. The Labute approximate surface area is 210 Å². The van der Waals surface area contributed by atoms with Gasteiger partial charge in [0.1, 0.15) is 12.4 Å². The minimum atomic E-state index is -0.585. The minimum absolute atomic E-state index is 0.0987. The van der Waals surface area contributed by atoms with E-state index in [0.717, 1.165) is 28.9 Å². The van der Waals surface area contributed by atoms with Crippen molar-refractivity contribution in [1.82, 2.24) is 15.3 Å². The van der Waals surface area contributed by atoms with Gasteiger partial charge in [0, 0.05) is 30.2 Å². The average Bonchev–Trinajstić information content (AvgIpc) is 3.40. The molecular formula is C29H29N3O4. The maximum absolute atomic E-state index is 13.2. The molecule has 7 nitrogen and oxygen atoms in total. The Kier molecular flexibility index (Phi) is 7.80. The maximum Gasteiger partial charge on any atom is 0.337 e. The van der Waals surface area contributed by atoms with E-state index in [1.807, 2.05) is 73.8 Å². The van der Waals surface area contributed by atoms with Crippen LogP contribution in [-0.2, 0) is 25.5 Å². The molecule has 1 atom stereocenters. The quantitative estimate of drug-likeness (QED) is 0.453. The third-order valence-electron chi connectivity index (χ3n) is 6.05. The molecule has 4 rings (SSSR count). The van der Waals surface area contributed by atoms with Gasteiger partial charge >= 0.3 is 11.9 Å². The van der Waals surface area contributed by atoms with Gasteiger partial charge in [-0.1, -0.05) is 60.7 Å². The van der Waals surface area contributed by atoms with E-state index in [1.54, 1.807) is 19.2 Å². The Balaban J connectivity index is 1.45. The first-order valence-electron chi connectivity index (χ1n) is 11.7. The zero-order chi connectivity index (χ0) is 25.5. The van der Waals surface area contributed by atoms with Gasteiger partial charge in [-0.2, -0.15) is 0 Å². The number of ether oxygens (including phenoxy) is 2. The molecule has 1 unspecified atom stereocenters. The van der Waals surface area contributed by atoms with E-state index in [4.69, 9.17) is 9.47 Å². The Morgan fingerprint density at radius 3 is 2.31 bits per heavy atom. The number of methoxy groups -OCH3 is 1. The molecule has 0 fully saturated rings. The standard InChI is InChI=1S/C29H29N3O4/c1-19-25(28(33)35-3)27(23-9-5-4-6-10-23)26(20(2)32-19)29(34)36-17-7-8-21-11-13-22(14-12-21)18-24-30-15-16-31-24/h4-16,27,32H,17-18H2,1-3H3,(H,30,31). The van der Waals surface area contributed by atoms with E-state index >= 15 is 0 Å². The molecule has 0 saturated carbocycles. The lowest BCUT2D eigenvalue weighted by Gasteiger charge is -2.30. The average molecular weight is 484 g/mol. The molecule has 0 amide bonds. The molecule has 1 aromatic heterocycles. The first-order valence-corrected chi connectivity index (χ1v) is 11.7. The number of carbonyl (C=O) groups excluding carboxylic acids is 2. The first kappa shape index (κ1) is 24.7. The number of dihydropyridines is 1. The summed E-state index contributed by atoms with van der Waals surface area (Å²) >= 11 is 0. The van der Waals surface area contributed by atoms with E-state index < -0.39 is 17.9 Å². The smallest absolute Gasteiger partial charge is 0.337 e. The summed E-state index contributed by atoms with van der Waals surface area (Å²) in [6.45, 7) is 3.71. The number of aromatic nitrogens is 2. The summed E-state index contributed by atoms with van der Waals surface area (Å²) in [5, 5.41) is 3.15. The SMILES string of the molecule is COC(=O)C1=C(C)NC(C)=C(C(=O)OCC=Cc2ccc(Cc3ncc[nH]3)cc2)C1c1ccccc1. The molecule has 3 aromatic rings. The van der Waals surface area contributed by atoms with Gasteiger partial charge in [-0.3, -0.25) is 0 Å². The van der Waals surface area contributed by atoms with Crippen LogP contribution in [0.15, 0.2) is 95.6 Å². The Bertz CT molecular complexity index is 1300. The molecule has 0 spiro atoms. The number of nitrogens with one attached hydrogen (secondary N) is 2. The second kappa shape index (κ2) is 11.4. The van der Waals surface area contributed by atoms with Crippen molar-refractivity contribution in [2.45, 2.75) is 26.2 Å². The molecule has 1 aliphatic heterocycles. The monoisotopic (exact) mass is 483 g/mol. The van der Waals surface area contributed by atoms with Crippen LogP contribution in [0.4, 0.5) is 0 Å². The van der Waals surface area contributed by atoms with E-state index in [2.05, 4.69) is 15.3 Å². The van der Waals surface area contributed by atoms with Crippen LogP contribution >= 0.6 is 0 Å². The molecule has 7 heteroatoms. The number of rotatable bonds is 8. The minimum Gasteiger partial charge on any atom is -0.466 e. The van der Waals surface area contributed by atoms with E-state index in [-0.39, 0.29) is 6.61 Å². The normalized spacial score (nSPS) is 15.7. The lowest BCUT2D eigenvalue weighted by atomic mass is 9.80. The molecular weight excluding hydrogens is 454 g/mol. The summed E-state index contributed by atoms with van der Waals surface area (Å²) in [5.41, 5.74) is 5.05. The van der Waals surface area contributed by atoms with Gasteiger partial charge in [0.25, 0.3) is 0 Å². The van der Waals surface area contributed by atoms with Crippen molar-refractivity contribution in [2.75, 3.05) is 13.7 Å². The van der Waals surface area contributed by atoms with Crippen molar-refractivity contribution in [3.05, 3.63) is 118 Å². The number of H-pyrrole nitrogens is 1. The van der Waals surface area contributed by atoms with Gasteiger partial charge in [0.05, 0.1) is 24.2 Å². The van der Waals surface area contributed by atoms with Crippen LogP contribution in [0, 0.1) is 0 Å². The third-order valence-corrected chi connectivity index (χ3v) is 6.05. The number of hydrogen-bond donors (Lipinski definition) is 2. The zero-order valence-electron chi connectivity index (χ0n) is 20.6. The highest BCUT2D eigenvalue weighted by Gasteiger charge is 2.37. The molecule has 2 heterocycles. The predicted octanol–water partition coefficient (Wildman–Crippen LogP) is 4.66. The van der Waals surface area contributed by atoms with Gasteiger partial charge in [-0.05, 0) is 36.6 Å². The maximum atomic E-state index is 13.2. The van der Waals surface area contributed by atoms with Crippen LogP contribution in [0.3, 0.4) is 0 Å². The predicted molar refractivity (Wildman–Crippen MR) is 138 cm³/mol. The number of allylic oxidation sites excluding steroid dienone is 2. The van der Waals surface area contributed by atoms with Crippen LogP contribution in [-0.4, -0.2) is 35.6 Å². The third kappa shape index (κ3) is 5.63. The molecule has 0 saturated heterocycles. The van der Waals surface area contributed by atoms with Crippen molar-refractivity contribution in [2.24, 2.45) is 0 Å². The fourth-order valence-corrected chi connectivity index (χ4v) is 4.34.